The Morgan fingerprint density at radius 1 is 1.32 bits per heavy atom. The lowest BCUT2D eigenvalue weighted by Crippen LogP contribution is -2.47. The van der Waals surface area contributed by atoms with Gasteiger partial charge in [0.15, 0.2) is 0 Å². The minimum Gasteiger partial charge on any atom is -0.354 e. The van der Waals surface area contributed by atoms with Crippen LogP contribution in [-0.2, 0) is 24.2 Å². The standard InChI is InChI=1S/C18H22F2N4O/c1-13(23-10-7-14-4-2-3-5-15(14)12-23)17(25)22-8-6-16-21-9-11-24(16)18(19)20/h2-5,9,11,13,18H,6-8,10,12H2,1H3,(H,22,25)/t13-/m0/s1. The summed E-state index contributed by atoms with van der Waals surface area (Å²) in [5, 5.41) is 2.83. The van der Waals surface area contributed by atoms with Crippen LogP contribution in [0.25, 0.3) is 0 Å². The lowest BCUT2D eigenvalue weighted by molar-refractivity contribution is -0.126. The van der Waals surface area contributed by atoms with E-state index in [1.165, 1.54) is 23.5 Å². The van der Waals surface area contributed by atoms with E-state index in [1.54, 1.807) is 0 Å². The smallest absolute Gasteiger partial charge is 0.319 e. The minimum atomic E-state index is -2.61. The second-order valence-electron chi connectivity index (χ2n) is 6.23. The first-order chi connectivity index (χ1) is 12.1. The Morgan fingerprint density at radius 3 is 2.84 bits per heavy atom. The molecule has 1 aliphatic heterocycles. The van der Waals surface area contributed by atoms with E-state index in [2.05, 4.69) is 27.3 Å². The van der Waals surface area contributed by atoms with Gasteiger partial charge in [-0.25, -0.2) is 4.98 Å². The Balaban J connectivity index is 1.51. The summed E-state index contributed by atoms with van der Waals surface area (Å²) in [7, 11) is 0. The molecule has 7 heteroatoms. The quantitative estimate of drug-likeness (QED) is 0.872. The fourth-order valence-electron chi connectivity index (χ4n) is 3.17. The van der Waals surface area contributed by atoms with Crippen LogP contribution in [0.4, 0.5) is 8.78 Å². The number of fused-ring (bicyclic) bond motifs is 1. The van der Waals surface area contributed by atoms with Crippen molar-refractivity contribution >= 4 is 5.91 Å². The SMILES string of the molecule is C[C@@H](C(=O)NCCc1nccn1C(F)F)N1CCc2ccccc2C1. The summed E-state index contributed by atoms with van der Waals surface area (Å²) in [5.41, 5.74) is 2.59. The van der Waals surface area contributed by atoms with Gasteiger partial charge in [-0.3, -0.25) is 14.3 Å². The van der Waals surface area contributed by atoms with Gasteiger partial charge in [0.1, 0.15) is 5.82 Å². The predicted octanol–water partition coefficient (Wildman–Crippen LogP) is 2.38. The second-order valence-corrected chi connectivity index (χ2v) is 6.23. The van der Waals surface area contributed by atoms with E-state index in [1.807, 2.05) is 19.1 Å². The number of carbonyl (C=O) groups excluding carboxylic acids is 1. The number of imidazole rings is 1. The highest BCUT2D eigenvalue weighted by Gasteiger charge is 2.25. The number of rotatable bonds is 6. The van der Waals surface area contributed by atoms with Gasteiger partial charge in [0.05, 0.1) is 6.04 Å². The molecule has 0 fully saturated rings. The highest BCUT2D eigenvalue weighted by molar-refractivity contribution is 5.81. The van der Waals surface area contributed by atoms with Crippen LogP contribution in [0.3, 0.4) is 0 Å². The number of hydrogen-bond acceptors (Lipinski definition) is 3. The monoisotopic (exact) mass is 348 g/mol. The molecule has 1 aromatic carbocycles. The van der Waals surface area contributed by atoms with Crippen LogP contribution in [0.5, 0.6) is 0 Å². The molecule has 1 aromatic heterocycles. The Bertz CT molecular complexity index is 731. The molecule has 0 saturated carbocycles. The summed E-state index contributed by atoms with van der Waals surface area (Å²) in [6.07, 6.45) is 3.80. The third-order valence-corrected chi connectivity index (χ3v) is 4.69. The summed E-state index contributed by atoms with van der Waals surface area (Å²) < 4.78 is 26.4. The van der Waals surface area contributed by atoms with Crippen molar-refractivity contribution in [3.63, 3.8) is 0 Å². The molecule has 2 heterocycles. The van der Waals surface area contributed by atoms with Crippen LogP contribution in [0.15, 0.2) is 36.7 Å². The maximum atomic E-state index is 12.8. The van der Waals surface area contributed by atoms with Crippen molar-refractivity contribution in [2.24, 2.45) is 0 Å². The zero-order valence-corrected chi connectivity index (χ0v) is 14.2. The topological polar surface area (TPSA) is 50.2 Å². The average molecular weight is 348 g/mol. The lowest BCUT2D eigenvalue weighted by Gasteiger charge is -2.32. The van der Waals surface area contributed by atoms with Crippen molar-refractivity contribution in [3.8, 4) is 0 Å². The number of alkyl halides is 2. The van der Waals surface area contributed by atoms with Crippen LogP contribution < -0.4 is 5.32 Å². The Labute approximate surface area is 145 Å². The van der Waals surface area contributed by atoms with Gasteiger partial charge in [-0.05, 0) is 24.5 Å². The Morgan fingerprint density at radius 2 is 2.08 bits per heavy atom. The Kier molecular flexibility index (Phi) is 5.43. The molecular formula is C18H22F2N4O. The van der Waals surface area contributed by atoms with Gasteiger partial charge in [-0.2, -0.15) is 8.78 Å². The fourth-order valence-corrected chi connectivity index (χ4v) is 3.17. The highest BCUT2D eigenvalue weighted by atomic mass is 19.3. The molecular weight excluding hydrogens is 326 g/mol. The zero-order valence-electron chi connectivity index (χ0n) is 14.2. The molecule has 1 atom stereocenters. The van der Waals surface area contributed by atoms with Crippen molar-refractivity contribution in [2.75, 3.05) is 13.1 Å². The molecule has 134 valence electrons. The van der Waals surface area contributed by atoms with Gasteiger partial charge in [0.25, 0.3) is 0 Å². The average Bonchev–Trinajstić information content (AvgIpc) is 3.09. The van der Waals surface area contributed by atoms with E-state index < -0.39 is 6.55 Å². The number of benzene rings is 1. The second kappa shape index (κ2) is 7.74. The largest absolute Gasteiger partial charge is 0.354 e. The summed E-state index contributed by atoms with van der Waals surface area (Å²) in [4.78, 5) is 18.4. The Hall–Kier alpha value is -2.28. The number of hydrogen-bond donors (Lipinski definition) is 1. The number of aromatic nitrogens is 2. The molecule has 1 N–H and O–H groups in total. The molecule has 0 saturated heterocycles. The molecule has 0 spiro atoms. The van der Waals surface area contributed by atoms with E-state index in [-0.39, 0.29) is 30.7 Å². The van der Waals surface area contributed by atoms with Gasteiger partial charge in [-0.15, -0.1) is 0 Å². The summed E-state index contributed by atoms with van der Waals surface area (Å²) >= 11 is 0. The molecule has 5 nitrogen and oxygen atoms in total. The van der Waals surface area contributed by atoms with Crippen molar-refractivity contribution in [1.82, 2.24) is 19.8 Å². The molecule has 1 aliphatic rings. The normalized spacial score (nSPS) is 15.8. The first kappa shape index (κ1) is 17.5. The van der Waals surface area contributed by atoms with E-state index in [0.717, 1.165) is 24.1 Å². The van der Waals surface area contributed by atoms with Gasteiger partial charge in [0.2, 0.25) is 5.91 Å². The molecule has 2 aromatic rings. The van der Waals surface area contributed by atoms with Crippen molar-refractivity contribution in [1.29, 1.82) is 0 Å². The molecule has 25 heavy (non-hydrogen) atoms. The summed E-state index contributed by atoms with van der Waals surface area (Å²) in [6.45, 7) is 1.14. The van der Waals surface area contributed by atoms with Gasteiger partial charge in [0, 0.05) is 38.4 Å². The van der Waals surface area contributed by atoms with E-state index >= 15 is 0 Å². The maximum absolute atomic E-state index is 12.8. The molecule has 0 unspecified atom stereocenters. The lowest BCUT2D eigenvalue weighted by atomic mass is 9.99. The fraction of sp³-hybridized carbons (Fsp3) is 0.444. The van der Waals surface area contributed by atoms with Crippen LogP contribution in [0.2, 0.25) is 0 Å². The van der Waals surface area contributed by atoms with Crippen LogP contribution in [0, 0.1) is 0 Å². The maximum Gasteiger partial charge on any atom is 0.319 e. The molecule has 3 rings (SSSR count). The minimum absolute atomic E-state index is 0.0884. The third kappa shape index (κ3) is 4.04. The number of halogens is 2. The van der Waals surface area contributed by atoms with Crippen molar-refractivity contribution in [2.45, 2.75) is 38.9 Å². The molecule has 0 bridgehead atoms. The summed E-state index contributed by atoms with van der Waals surface area (Å²) in [5.74, 6) is 0.185. The van der Waals surface area contributed by atoms with E-state index in [4.69, 9.17) is 0 Å². The first-order valence-corrected chi connectivity index (χ1v) is 8.44. The molecule has 0 radical (unpaired) electrons. The van der Waals surface area contributed by atoms with E-state index in [9.17, 15) is 13.6 Å². The first-order valence-electron chi connectivity index (χ1n) is 8.44. The molecule has 1 amide bonds. The number of amides is 1. The zero-order chi connectivity index (χ0) is 17.8. The number of nitrogens with one attached hydrogen (secondary N) is 1. The predicted molar refractivity (Wildman–Crippen MR) is 90.2 cm³/mol. The van der Waals surface area contributed by atoms with Gasteiger partial charge >= 0.3 is 6.55 Å². The number of carbonyl (C=O) groups is 1. The van der Waals surface area contributed by atoms with E-state index in [0.29, 0.717) is 0 Å². The van der Waals surface area contributed by atoms with Crippen molar-refractivity contribution in [3.05, 3.63) is 53.6 Å². The number of nitrogens with zero attached hydrogens (tertiary/aromatic N) is 3. The van der Waals surface area contributed by atoms with Crippen LogP contribution >= 0.6 is 0 Å². The van der Waals surface area contributed by atoms with Gasteiger partial charge in [-0.1, -0.05) is 24.3 Å². The van der Waals surface area contributed by atoms with Crippen LogP contribution in [0.1, 0.15) is 30.4 Å². The highest BCUT2D eigenvalue weighted by Crippen LogP contribution is 2.20. The summed E-state index contributed by atoms with van der Waals surface area (Å²) in [6, 6.07) is 8.01. The van der Waals surface area contributed by atoms with Crippen molar-refractivity contribution < 1.29 is 13.6 Å². The van der Waals surface area contributed by atoms with Crippen LogP contribution in [-0.4, -0.2) is 39.5 Å². The third-order valence-electron chi connectivity index (χ3n) is 4.69. The van der Waals surface area contributed by atoms with Gasteiger partial charge < -0.3 is 5.32 Å². The molecule has 0 aliphatic carbocycles.